The number of ketones is 1. The number of hydrogen-bond donors (Lipinski definition) is 1. The number of rotatable bonds is 3. The molecule has 2 aromatic carbocycles. The van der Waals surface area contributed by atoms with Gasteiger partial charge in [0, 0.05) is 17.5 Å². The summed E-state index contributed by atoms with van der Waals surface area (Å²) in [6.45, 7) is 7.96. The van der Waals surface area contributed by atoms with E-state index in [0.29, 0.717) is 11.4 Å². The SMILES string of the molecule is Cc1ccc(C(=O)[C@@H]2CC(=O)Nc3c2c(C)nn3-c2cccc(C)c2C)cc1. The Morgan fingerprint density at radius 3 is 2.50 bits per heavy atom. The molecule has 3 aromatic rings. The molecule has 0 spiro atoms. The normalized spacial score (nSPS) is 15.9. The van der Waals surface area contributed by atoms with E-state index in [4.69, 9.17) is 0 Å². The number of anilines is 1. The average Bonchev–Trinajstić information content (AvgIpc) is 2.99. The molecule has 1 N–H and O–H groups in total. The third-order valence-electron chi connectivity index (χ3n) is 5.56. The van der Waals surface area contributed by atoms with Crippen LogP contribution in [-0.2, 0) is 4.79 Å². The number of nitrogens with one attached hydrogen (secondary N) is 1. The highest BCUT2D eigenvalue weighted by molar-refractivity contribution is 6.08. The van der Waals surface area contributed by atoms with Crippen LogP contribution in [0.3, 0.4) is 0 Å². The molecule has 0 unspecified atom stereocenters. The van der Waals surface area contributed by atoms with Crippen LogP contribution in [0.15, 0.2) is 42.5 Å². The topological polar surface area (TPSA) is 64.0 Å². The molecule has 28 heavy (non-hydrogen) atoms. The van der Waals surface area contributed by atoms with Crippen LogP contribution in [0.5, 0.6) is 0 Å². The first-order valence-electron chi connectivity index (χ1n) is 9.43. The Morgan fingerprint density at radius 1 is 1.07 bits per heavy atom. The molecule has 0 saturated heterocycles. The molecule has 5 heteroatoms. The number of aromatic nitrogens is 2. The van der Waals surface area contributed by atoms with Crippen LogP contribution >= 0.6 is 0 Å². The lowest BCUT2D eigenvalue weighted by molar-refractivity contribution is -0.116. The summed E-state index contributed by atoms with van der Waals surface area (Å²) >= 11 is 0. The highest BCUT2D eigenvalue weighted by atomic mass is 16.2. The maximum atomic E-state index is 13.2. The zero-order chi connectivity index (χ0) is 20.0. The van der Waals surface area contributed by atoms with E-state index in [9.17, 15) is 9.59 Å². The molecule has 1 aliphatic heterocycles. The number of nitrogens with zero attached hydrogens (tertiary/aromatic N) is 2. The first-order valence-corrected chi connectivity index (χ1v) is 9.43. The van der Waals surface area contributed by atoms with Crippen LogP contribution in [0.1, 0.15) is 50.6 Å². The van der Waals surface area contributed by atoms with Crippen molar-refractivity contribution in [3.05, 3.63) is 76.0 Å². The van der Waals surface area contributed by atoms with E-state index in [1.807, 2.05) is 70.2 Å². The molecule has 1 amide bonds. The fourth-order valence-corrected chi connectivity index (χ4v) is 3.83. The molecule has 5 nitrogen and oxygen atoms in total. The van der Waals surface area contributed by atoms with E-state index < -0.39 is 5.92 Å². The van der Waals surface area contributed by atoms with Crippen LogP contribution in [-0.4, -0.2) is 21.5 Å². The van der Waals surface area contributed by atoms with Gasteiger partial charge in [0.25, 0.3) is 0 Å². The molecule has 4 rings (SSSR count). The molecular formula is C23H23N3O2. The van der Waals surface area contributed by atoms with Crippen molar-refractivity contribution >= 4 is 17.5 Å². The smallest absolute Gasteiger partial charge is 0.226 e. The van der Waals surface area contributed by atoms with Gasteiger partial charge in [0.15, 0.2) is 5.78 Å². The van der Waals surface area contributed by atoms with Gasteiger partial charge >= 0.3 is 0 Å². The van der Waals surface area contributed by atoms with Crippen molar-refractivity contribution in [3.63, 3.8) is 0 Å². The van der Waals surface area contributed by atoms with E-state index in [-0.39, 0.29) is 18.1 Å². The van der Waals surface area contributed by atoms with Gasteiger partial charge in [-0.3, -0.25) is 9.59 Å². The molecule has 1 aliphatic rings. The van der Waals surface area contributed by atoms with E-state index in [1.165, 1.54) is 0 Å². The van der Waals surface area contributed by atoms with Crippen molar-refractivity contribution in [1.29, 1.82) is 0 Å². The van der Waals surface area contributed by atoms with Crippen molar-refractivity contribution in [2.75, 3.05) is 5.32 Å². The monoisotopic (exact) mass is 373 g/mol. The number of fused-ring (bicyclic) bond motifs is 1. The Kier molecular flexibility index (Phi) is 4.38. The van der Waals surface area contributed by atoms with Gasteiger partial charge in [-0.1, -0.05) is 42.0 Å². The number of carbonyl (C=O) groups excluding carboxylic acids is 2. The second-order valence-corrected chi connectivity index (χ2v) is 7.51. The maximum Gasteiger partial charge on any atom is 0.226 e. The highest BCUT2D eigenvalue weighted by Crippen LogP contribution is 2.38. The van der Waals surface area contributed by atoms with Crippen LogP contribution in [0.2, 0.25) is 0 Å². The molecule has 1 aromatic heterocycles. The molecule has 0 saturated carbocycles. The molecule has 0 bridgehead atoms. The van der Waals surface area contributed by atoms with Crippen molar-refractivity contribution in [2.45, 2.75) is 40.0 Å². The van der Waals surface area contributed by atoms with Crippen LogP contribution in [0.4, 0.5) is 5.82 Å². The van der Waals surface area contributed by atoms with Crippen molar-refractivity contribution < 1.29 is 9.59 Å². The van der Waals surface area contributed by atoms with Gasteiger partial charge < -0.3 is 5.32 Å². The first-order chi connectivity index (χ1) is 13.4. The first kappa shape index (κ1) is 18.2. The summed E-state index contributed by atoms with van der Waals surface area (Å²) in [5.74, 6) is -0.123. The van der Waals surface area contributed by atoms with Crippen LogP contribution < -0.4 is 5.32 Å². The summed E-state index contributed by atoms with van der Waals surface area (Å²) in [5.41, 5.74) is 6.44. The Hall–Kier alpha value is -3.21. The van der Waals surface area contributed by atoms with Crippen LogP contribution in [0.25, 0.3) is 5.69 Å². The Labute approximate surface area is 164 Å². The average molecular weight is 373 g/mol. The third-order valence-corrected chi connectivity index (χ3v) is 5.56. The number of benzene rings is 2. The molecule has 0 aliphatic carbocycles. The lowest BCUT2D eigenvalue weighted by Crippen LogP contribution is -2.28. The van der Waals surface area contributed by atoms with Gasteiger partial charge in [-0.25, -0.2) is 4.68 Å². The number of carbonyl (C=O) groups is 2. The molecule has 1 atom stereocenters. The lowest BCUT2D eigenvalue weighted by Gasteiger charge is -2.23. The maximum absolute atomic E-state index is 13.2. The van der Waals surface area contributed by atoms with Gasteiger partial charge in [-0.05, 0) is 44.9 Å². The highest BCUT2D eigenvalue weighted by Gasteiger charge is 2.36. The quantitative estimate of drug-likeness (QED) is 0.692. The summed E-state index contributed by atoms with van der Waals surface area (Å²) in [5, 5.41) is 7.64. The molecule has 2 heterocycles. The molecule has 142 valence electrons. The molecular weight excluding hydrogens is 350 g/mol. The summed E-state index contributed by atoms with van der Waals surface area (Å²) in [6.07, 6.45) is 0.138. The van der Waals surface area contributed by atoms with E-state index >= 15 is 0 Å². The van der Waals surface area contributed by atoms with E-state index in [1.54, 1.807) is 4.68 Å². The summed E-state index contributed by atoms with van der Waals surface area (Å²) in [6, 6.07) is 13.5. The summed E-state index contributed by atoms with van der Waals surface area (Å²) in [7, 11) is 0. The second-order valence-electron chi connectivity index (χ2n) is 7.51. The van der Waals surface area contributed by atoms with E-state index in [0.717, 1.165) is 33.6 Å². The van der Waals surface area contributed by atoms with Gasteiger partial charge in [0.2, 0.25) is 5.91 Å². The molecule has 0 radical (unpaired) electrons. The second kappa shape index (κ2) is 6.75. The van der Waals surface area contributed by atoms with Crippen molar-refractivity contribution in [1.82, 2.24) is 9.78 Å². The third kappa shape index (κ3) is 2.93. The van der Waals surface area contributed by atoms with Crippen molar-refractivity contribution in [3.8, 4) is 5.69 Å². The summed E-state index contributed by atoms with van der Waals surface area (Å²) in [4.78, 5) is 25.7. The fraction of sp³-hybridized carbons (Fsp3) is 0.261. The lowest BCUT2D eigenvalue weighted by atomic mass is 9.85. The Morgan fingerprint density at radius 2 is 1.79 bits per heavy atom. The predicted octanol–water partition coefficient (Wildman–Crippen LogP) is 4.41. The van der Waals surface area contributed by atoms with Gasteiger partial charge in [0.1, 0.15) is 5.82 Å². The number of amides is 1. The minimum atomic E-state index is -0.523. The Bertz CT molecular complexity index is 1090. The largest absolute Gasteiger partial charge is 0.310 e. The standard InChI is InChI=1S/C23H23N3O2/c1-13-8-10-17(11-9-13)22(28)18-12-20(27)24-23-21(18)16(4)25-26(23)19-7-5-6-14(2)15(19)3/h5-11,18H,12H2,1-4H3,(H,24,27)/t18-/m1/s1. The fourth-order valence-electron chi connectivity index (χ4n) is 3.83. The van der Waals surface area contributed by atoms with E-state index in [2.05, 4.69) is 10.4 Å². The Balaban J connectivity index is 1.84. The van der Waals surface area contributed by atoms with Crippen molar-refractivity contribution in [2.24, 2.45) is 0 Å². The van der Waals surface area contributed by atoms with Gasteiger partial charge in [-0.2, -0.15) is 5.10 Å². The summed E-state index contributed by atoms with van der Waals surface area (Å²) < 4.78 is 1.76. The number of Topliss-reactive ketones (excluding diaryl/α,β-unsaturated/α-hetero) is 1. The van der Waals surface area contributed by atoms with Gasteiger partial charge in [0.05, 0.1) is 17.3 Å². The number of aryl methyl sites for hydroxylation is 3. The minimum Gasteiger partial charge on any atom is -0.310 e. The zero-order valence-corrected chi connectivity index (χ0v) is 16.5. The number of hydrogen-bond acceptors (Lipinski definition) is 3. The predicted molar refractivity (Wildman–Crippen MR) is 109 cm³/mol. The minimum absolute atomic E-state index is 0.0419. The van der Waals surface area contributed by atoms with Gasteiger partial charge in [-0.15, -0.1) is 0 Å². The van der Waals surface area contributed by atoms with Crippen LogP contribution in [0, 0.1) is 27.7 Å². The zero-order valence-electron chi connectivity index (χ0n) is 16.5. The molecule has 0 fully saturated rings.